The zero-order valence-electron chi connectivity index (χ0n) is 9.15. The van der Waals surface area contributed by atoms with Crippen LogP contribution in [0.1, 0.15) is 26.0 Å². The highest BCUT2D eigenvalue weighted by Crippen LogP contribution is 2.27. The summed E-state index contributed by atoms with van der Waals surface area (Å²) in [7, 11) is 0. The Hall–Kier alpha value is -0.830. The first-order chi connectivity index (χ1) is 7.22. The summed E-state index contributed by atoms with van der Waals surface area (Å²) < 4.78 is 0. The molecule has 2 atom stereocenters. The van der Waals surface area contributed by atoms with Crippen LogP contribution in [0.4, 0.5) is 5.82 Å². The minimum Gasteiger partial charge on any atom is -0.352 e. The molecule has 1 aliphatic heterocycles. The summed E-state index contributed by atoms with van der Waals surface area (Å²) in [6.07, 6.45) is 4.82. The Bertz CT molecular complexity index is 325. The van der Waals surface area contributed by atoms with Gasteiger partial charge in [-0.1, -0.05) is 6.92 Å². The first-order valence-electron chi connectivity index (χ1n) is 5.36. The maximum absolute atomic E-state index is 5.67. The molecule has 0 aromatic carbocycles. The summed E-state index contributed by atoms with van der Waals surface area (Å²) in [5.41, 5.74) is 0.834. The van der Waals surface area contributed by atoms with Crippen molar-refractivity contribution in [2.24, 2.45) is 5.92 Å². The third-order valence-electron chi connectivity index (χ3n) is 3.26. The largest absolute Gasteiger partial charge is 0.352 e. The van der Waals surface area contributed by atoms with Crippen LogP contribution < -0.4 is 4.90 Å². The molecule has 1 saturated heterocycles. The number of anilines is 1. The molecule has 0 N–H and O–H groups in total. The number of halogens is 1. The van der Waals surface area contributed by atoms with Gasteiger partial charge in [0.25, 0.3) is 0 Å². The van der Waals surface area contributed by atoms with Crippen molar-refractivity contribution in [1.82, 2.24) is 9.97 Å². The number of rotatable bonds is 2. The normalized spacial score (nSPS) is 25.9. The van der Waals surface area contributed by atoms with Crippen LogP contribution in [0.15, 0.2) is 12.4 Å². The van der Waals surface area contributed by atoms with Crippen LogP contribution >= 0.6 is 11.6 Å². The lowest BCUT2D eigenvalue weighted by atomic mass is 10.1. The number of nitrogens with zero attached hydrogens (tertiary/aromatic N) is 3. The van der Waals surface area contributed by atoms with Gasteiger partial charge in [0.15, 0.2) is 0 Å². The van der Waals surface area contributed by atoms with Crippen molar-refractivity contribution < 1.29 is 0 Å². The zero-order chi connectivity index (χ0) is 10.8. The van der Waals surface area contributed by atoms with Gasteiger partial charge in [0.1, 0.15) is 5.82 Å². The molecular formula is C11H16ClN3. The van der Waals surface area contributed by atoms with Gasteiger partial charge in [-0.3, -0.25) is 4.98 Å². The molecule has 1 aromatic rings. The molecule has 1 aliphatic rings. The number of alkyl halides is 1. The second-order valence-corrected chi connectivity index (χ2v) is 4.47. The van der Waals surface area contributed by atoms with Crippen LogP contribution in [-0.4, -0.2) is 22.6 Å². The Morgan fingerprint density at radius 1 is 1.40 bits per heavy atom. The maximum Gasteiger partial charge on any atom is 0.147 e. The minimum absolute atomic E-state index is 0.430. The molecule has 2 unspecified atom stereocenters. The highest BCUT2D eigenvalue weighted by atomic mass is 35.5. The third-order valence-corrected chi connectivity index (χ3v) is 3.54. The van der Waals surface area contributed by atoms with E-state index >= 15 is 0 Å². The van der Waals surface area contributed by atoms with Gasteiger partial charge in [0, 0.05) is 12.6 Å². The molecule has 0 amide bonds. The molecule has 0 bridgehead atoms. The lowest BCUT2D eigenvalue weighted by Gasteiger charge is -2.23. The summed E-state index contributed by atoms with van der Waals surface area (Å²) in [5.74, 6) is 2.14. The zero-order valence-corrected chi connectivity index (χ0v) is 9.91. The SMILES string of the molecule is CC1CCN(c2cnc(CCl)cn2)C1C. The number of hydrogen-bond donors (Lipinski definition) is 0. The molecule has 15 heavy (non-hydrogen) atoms. The van der Waals surface area contributed by atoms with Crippen molar-refractivity contribution in [3.8, 4) is 0 Å². The molecule has 0 saturated carbocycles. The van der Waals surface area contributed by atoms with E-state index in [0.717, 1.165) is 24.0 Å². The molecule has 2 rings (SSSR count). The molecule has 2 heterocycles. The second kappa shape index (κ2) is 4.35. The lowest BCUT2D eigenvalue weighted by Crippen LogP contribution is -2.29. The van der Waals surface area contributed by atoms with E-state index in [2.05, 4.69) is 28.7 Å². The van der Waals surface area contributed by atoms with Crippen molar-refractivity contribution in [3.05, 3.63) is 18.1 Å². The van der Waals surface area contributed by atoms with Crippen molar-refractivity contribution >= 4 is 17.4 Å². The van der Waals surface area contributed by atoms with Gasteiger partial charge in [-0.25, -0.2) is 4.98 Å². The summed E-state index contributed by atoms with van der Waals surface area (Å²) in [4.78, 5) is 11.0. The fourth-order valence-electron chi connectivity index (χ4n) is 1.98. The fraction of sp³-hybridized carbons (Fsp3) is 0.636. The Labute approximate surface area is 95.5 Å². The Morgan fingerprint density at radius 2 is 2.20 bits per heavy atom. The quantitative estimate of drug-likeness (QED) is 0.724. The molecule has 3 nitrogen and oxygen atoms in total. The van der Waals surface area contributed by atoms with Gasteiger partial charge in [0.05, 0.1) is 24.0 Å². The van der Waals surface area contributed by atoms with Crippen molar-refractivity contribution in [2.75, 3.05) is 11.4 Å². The van der Waals surface area contributed by atoms with Crippen LogP contribution in [0.2, 0.25) is 0 Å². The molecule has 1 fully saturated rings. The van der Waals surface area contributed by atoms with E-state index in [1.807, 2.05) is 6.20 Å². The molecule has 0 aliphatic carbocycles. The van der Waals surface area contributed by atoms with E-state index in [4.69, 9.17) is 11.6 Å². The topological polar surface area (TPSA) is 29.0 Å². The highest BCUT2D eigenvalue weighted by Gasteiger charge is 2.28. The maximum atomic E-state index is 5.67. The van der Waals surface area contributed by atoms with Crippen molar-refractivity contribution in [1.29, 1.82) is 0 Å². The summed E-state index contributed by atoms with van der Waals surface area (Å²) in [6.45, 7) is 5.61. The minimum atomic E-state index is 0.430. The molecule has 0 spiro atoms. The molecule has 4 heteroatoms. The third kappa shape index (κ3) is 2.07. The summed E-state index contributed by atoms with van der Waals surface area (Å²) in [5, 5.41) is 0. The van der Waals surface area contributed by atoms with Gasteiger partial charge in [-0.05, 0) is 19.3 Å². The predicted molar refractivity (Wildman–Crippen MR) is 62.2 cm³/mol. The number of aromatic nitrogens is 2. The van der Waals surface area contributed by atoms with Gasteiger partial charge < -0.3 is 4.90 Å². The van der Waals surface area contributed by atoms with E-state index < -0.39 is 0 Å². The standard InChI is InChI=1S/C11H16ClN3/c1-8-3-4-15(9(8)2)11-7-13-10(5-12)6-14-11/h6-9H,3-5H2,1-2H3. The Balaban J connectivity index is 2.16. The first-order valence-corrected chi connectivity index (χ1v) is 5.89. The monoisotopic (exact) mass is 225 g/mol. The van der Waals surface area contributed by atoms with Gasteiger partial charge in [-0.2, -0.15) is 0 Å². The molecule has 82 valence electrons. The summed E-state index contributed by atoms with van der Waals surface area (Å²) >= 11 is 5.67. The van der Waals surface area contributed by atoms with Gasteiger partial charge in [0.2, 0.25) is 0 Å². The molecule has 1 aromatic heterocycles. The van der Waals surface area contributed by atoms with E-state index in [-0.39, 0.29) is 0 Å². The molecule has 0 radical (unpaired) electrons. The van der Waals surface area contributed by atoms with Gasteiger partial charge in [-0.15, -0.1) is 11.6 Å². The van der Waals surface area contributed by atoms with E-state index in [0.29, 0.717) is 11.9 Å². The van der Waals surface area contributed by atoms with E-state index in [1.54, 1.807) is 6.20 Å². The van der Waals surface area contributed by atoms with E-state index in [9.17, 15) is 0 Å². The average molecular weight is 226 g/mol. The van der Waals surface area contributed by atoms with Crippen molar-refractivity contribution in [3.63, 3.8) is 0 Å². The van der Waals surface area contributed by atoms with Crippen LogP contribution in [0, 0.1) is 5.92 Å². The van der Waals surface area contributed by atoms with Gasteiger partial charge >= 0.3 is 0 Å². The van der Waals surface area contributed by atoms with Crippen LogP contribution in [-0.2, 0) is 5.88 Å². The second-order valence-electron chi connectivity index (χ2n) is 4.20. The van der Waals surface area contributed by atoms with Crippen LogP contribution in [0.3, 0.4) is 0 Å². The number of hydrogen-bond acceptors (Lipinski definition) is 3. The average Bonchev–Trinajstić information content (AvgIpc) is 2.60. The smallest absolute Gasteiger partial charge is 0.147 e. The highest BCUT2D eigenvalue weighted by molar-refractivity contribution is 6.16. The van der Waals surface area contributed by atoms with Crippen LogP contribution in [0.5, 0.6) is 0 Å². The van der Waals surface area contributed by atoms with E-state index in [1.165, 1.54) is 6.42 Å². The Morgan fingerprint density at radius 3 is 2.67 bits per heavy atom. The predicted octanol–water partition coefficient (Wildman–Crippen LogP) is 2.45. The molecular weight excluding hydrogens is 210 g/mol. The van der Waals surface area contributed by atoms with Crippen molar-refractivity contribution in [2.45, 2.75) is 32.2 Å². The van der Waals surface area contributed by atoms with Crippen LogP contribution in [0.25, 0.3) is 0 Å². The first kappa shape index (κ1) is 10.7. The Kier molecular flexibility index (Phi) is 3.10. The summed E-state index contributed by atoms with van der Waals surface area (Å²) in [6, 6.07) is 0.557. The lowest BCUT2D eigenvalue weighted by molar-refractivity contribution is 0.544. The fourth-order valence-corrected chi connectivity index (χ4v) is 2.12.